The number of carbonyl (C=O) groups is 1. The molecule has 0 aliphatic carbocycles. The Morgan fingerprint density at radius 3 is 2.00 bits per heavy atom. The fourth-order valence-corrected chi connectivity index (χ4v) is 5.78. The van der Waals surface area contributed by atoms with Crippen molar-refractivity contribution in [1.82, 2.24) is 14.1 Å². The van der Waals surface area contributed by atoms with Crippen LogP contribution in [0.4, 0.5) is 0 Å². The molecule has 1 fully saturated rings. The topological polar surface area (TPSA) is 79.4 Å². The number of rotatable bonds is 10. The smallest absolute Gasteiger partial charge is 0.243 e. The van der Waals surface area contributed by atoms with Crippen LogP contribution in [0.2, 0.25) is 0 Å². The van der Waals surface area contributed by atoms with Gasteiger partial charge in [-0.05, 0) is 23.3 Å². The second kappa shape index (κ2) is 12.2. The van der Waals surface area contributed by atoms with Crippen molar-refractivity contribution in [2.75, 3.05) is 46.9 Å². The molecule has 0 bridgehead atoms. The van der Waals surface area contributed by atoms with Crippen molar-refractivity contribution >= 4 is 15.9 Å². The summed E-state index contributed by atoms with van der Waals surface area (Å²) < 4.78 is 39.3. The molecule has 1 amide bonds. The maximum atomic E-state index is 13.7. The molecular weight excluding hydrogens is 490 g/mol. The van der Waals surface area contributed by atoms with Crippen molar-refractivity contribution in [2.45, 2.75) is 18.0 Å². The number of nitrogens with zero attached hydrogens (tertiary/aromatic N) is 3. The number of methoxy groups -OCH3 is 2. The molecule has 0 atom stereocenters. The summed E-state index contributed by atoms with van der Waals surface area (Å²) in [5, 5.41) is 0. The lowest BCUT2D eigenvalue weighted by atomic mass is 10.2. The molecule has 0 radical (unpaired) electrons. The van der Waals surface area contributed by atoms with Crippen LogP contribution in [0, 0.1) is 0 Å². The van der Waals surface area contributed by atoms with Crippen molar-refractivity contribution in [3.63, 3.8) is 0 Å². The van der Waals surface area contributed by atoms with Crippen molar-refractivity contribution in [3.05, 3.63) is 90.0 Å². The average molecular weight is 524 g/mol. The van der Waals surface area contributed by atoms with Crippen LogP contribution in [-0.4, -0.2) is 75.4 Å². The van der Waals surface area contributed by atoms with Crippen LogP contribution in [0.3, 0.4) is 0 Å². The van der Waals surface area contributed by atoms with Gasteiger partial charge < -0.3 is 14.4 Å². The van der Waals surface area contributed by atoms with Crippen molar-refractivity contribution in [3.8, 4) is 11.5 Å². The first-order valence-electron chi connectivity index (χ1n) is 12.2. The van der Waals surface area contributed by atoms with Gasteiger partial charge in [0.15, 0.2) is 11.5 Å². The predicted molar refractivity (Wildman–Crippen MR) is 142 cm³/mol. The van der Waals surface area contributed by atoms with Crippen molar-refractivity contribution in [2.24, 2.45) is 0 Å². The Balaban J connectivity index is 1.49. The molecule has 0 spiro atoms. The maximum Gasteiger partial charge on any atom is 0.243 e. The van der Waals surface area contributed by atoms with E-state index in [-0.39, 0.29) is 23.9 Å². The highest BCUT2D eigenvalue weighted by Crippen LogP contribution is 2.31. The summed E-state index contributed by atoms with van der Waals surface area (Å²) in [5.41, 5.74) is 2.03. The third-order valence-electron chi connectivity index (χ3n) is 6.48. The monoisotopic (exact) mass is 523 g/mol. The predicted octanol–water partition coefficient (Wildman–Crippen LogP) is 3.24. The molecule has 0 N–H and O–H groups in total. The number of carbonyl (C=O) groups excluding carboxylic acids is 1. The molecule has 1 aliphatic heterocycles. The molecule has 8 nitrogen and oxygen atoms in total. The zero-order chi connectivity index (χ0) is 26.3. The quantitative estimate of drug-likeness (QED) is 0.406. The zero-order valence-electron chi connectivity index (χ0n) is 21.2. The Morgan fingerprint density at radius 2 is 1.41 bits per heavy atom. The molecule has 0 saturated carbocycles. The van der Waals surface area contributed by atoms with Crippen LogP contribution in [0.15, 0.2) is 83.8 Å². The van der Waals surface area contributed by atoms with Gasteiger partial charge in [-0.1, -0.05) is 60.7 Å². The van der Waals surface area contributed by atoms with E-state index in [1.54, 1.807) is 11.0 Å². The molecule has 1 aliphatic rings. The number of hydrogen-bond acceptors (Lipinski definition) is 6. The molecule has 3 aromatic rings. The first-order valence-corrected chi connectivity index (χ1v) is 13.6. The Bertz CT molecular complexity index is 1280. The van der Waals surface area contributed by atoms with E-state index in [4.69, 9.17) is 9.47 Å². The SMILES string of the molecule is COc1ccc(S(=O)(=O)N(CC(=O)N2CCN(Cc3ccccc3)CC2)Cc2ccccc2)cc1OC. The number of ether oxygens (including phenoxy) is 2. The van der Waals surface area contributed by atoms with E-state index in [1.807, 2.05) is 48.5 Å². The highest BCUT2D eigenvalue weighted by molar-refractivity contribution is 7.89. The highest BCUT2D eigenvalue weighted by atomic mass is 32.2. The Kier molecular flexibility index (Phi) is 8.81. The molecule has 4 rings (SSSR count). The van der Waals surface area contributed by atoms with E-state index < -0.39 is 10.0 Å². The van der Waals surface area contributed by atoms with Crippen LogP contribution in [0.5, 0.6) is 11.5 Å². The first kappa shape index (κ1) is 26.7. The van der Waals surface area contributed by atoms with Gasteiger partial charge in [-0.3, -0.25) is 9.69 Å². The van der Waals surface area contributed by atoms with Gasteiger partial charge in [0.05, 0.1) is 25.7 Å². The molecule has 1 heterocycles. The fraction of sp³-hybridized carbons (Fsp3) is 0.321. The van der Waals surface area contributed by atoms with Crippen molar-refractivity contribution in [1.29, 1.82) is 0 Å². The average Bonchev–Trinajstić information content (AvgIpc) is 2.93. The summed E-state index contributed by atoms with van der Waals surface area (Å²) in [6, 6.07) is 24.0. The van der Waals surface area contributed by atoms with Crippen LogP contribution in [0.25, 0.3) is 0 Å². The van der Waals surface area contributed by atoms with Gasteiger partial charge in [-0.25, -0.2) is 8.42 Å². The minimum atomic E-state index is -4.00. The second-order valence-corrected chi connectivity index (χ2v) is 10.9. The molecule has 0 unspecified atom stereocenters. The summed E-state index contributed by atoms with van der Waals surface area (Å²) >= 11 is 0. The van der Waals surface area contributed by atoms with Gasteiger partial charge in [-0.15, -0.1) is 0 Å². The first-order chi connectivity index (χ1) is 17.9. The molecule has 9 heteroatoms. The molecular formula is C28H33N3O5S. The second-order valence-electron chi connectivity index (χ2n) is 8.92. The number of piperazine rings is 1. The van der Waals surface area contributed by atoms with Crippen molar-refractivity contribution < 1.29 is 22.7 Å². The van der Waals surface area contributed by atoms with Crippen LogP contribution in [-0.2, 0) is 27.9 Å². The highest BCUT2D eigenvalue weighted by Gasteiger charge is 2.30. The lowest BCUT2D eigenvalue weighted by Gasteiger charge is -2.35. The normalized spacial score (nSPS) is 14.5. The van der Waals surface area contributed by atoms with E-state index >= 15 is 0 Å². The van der Waals surface area contributed by atoms with E-state index in [0.29, 0.717) is 24.6 Å². The standard InChI is InChI=1S/C28H33N3O5S/c1-35-26-14-13-25(19-27(26)36-2)37(33,34)31(21-24-11-7-4-8-12-24)22-28(32)30-17-15-29(16-18-30)20-23-9-5-3-6-10-23/h3-14,19H,15-18,20-22H2,1-2H3. The van der Waals surface area contributed by atoms with Gasteiger partial charge in [0.2, 0.25) is 15.9 Å². The summed E-state index contributed by atoms with van der Waals surface area (Å²) in [6.07, 6.45) is 0. The van der Waals surface area contributed by atoms with Crippen LogP contribution in [0.1, 0.15) is 11.1 Å². The number of sulfonamides is 1. The van der Waals surface area contributed by atoms with Gasteiger partial charge >= 0.3 is 0 Å². The zero-order valence-corrected chi connectivity index (χ0v) is 22.1. The van der Waals surface area contributed by atoms with E-state index in [0.717, 1.165) is 25.2 Å². The largest absolute Gasteiger partial charge is 0.493 e. The van der Waals surface area contributed by atoms with Gasteiger partial charge in [-0.2, -0.15) is 4.31 Å². The minimum absolute atomic E-state index is 0.0431. The minimum Gasteiger partial charge on any atom is -0.493 e. The molecule has 3 aromatic carbocycles. The van der Waals surface area contributed by atoms with Gasteiger partial charge in [0.25, 0.3) is 0 Å². The Labute approximate surface area is 219 Å². The maximum absolute atomic E-state index is 13.7. The number of hydrogen-bond donors (Lipinski definition) is 0. The summed E-state index contributed by atoms with van der Waals surface area (Å²) in [6.45, 7) is 3.25. The lowest BCUT2D eigenvalue weighted by molar-refractivity contribution is -0.133. The van der Waals surface area contributed by atoms with E-state index in [2.05, 4.69) is 17.0 Å². The number of benzene rings is 3. The van der Waals surface area contributed by atoms with Crippen LogP contribution >= 0.6 is 0 Å². The molecule has 37 heavy (non-hydrogen) atoms. The molecule has 196 valence electrons. The molecule has 1 saturated heterocycles. The number of amides is 1. The fourth-order valence-electron chi connectivity index (χ4n) is 4.39. The summed E-state index contributed by atoms with van der Waals surface area (Å²) in [7, 11) is -1.05. The summed E-state index contributed by atoms with van der Waals surface area (Å²) in [4.78, 5) is 17.4. The van der Waals surface area contributed by atoms with Gasteiger partial charge in [0.1, 0.15) is 0 Å². The third-order valence-corrected chi connectivity index (χ3v) is 8.27. The van der Waals surface area contributed by atoms with Crippen LogP contribution < -0.4 is 9.47 Å². The Hall–Kier alpha value is -3.40. The Morgan fingerprint density at radius 1 is 0.811 bits per heavy atom. The molecule has 0 aromatic heterocycles. The van der Waals surface area contributed by atoms with Gasteiger partial charge in [0, 0.05) is 45.3 Å². The van der Waals surface area contributed by atoms with E-state index in [9.17, 15) is 13.2 Å². The lowest BCUT2D eigenvalue weighted by Crippen LogP contribution is -2.51. The third kappa shape index (κ3) is 6.68. The van der Waals surface area contributed by atoms with E-state index in [1.165, 1.54) is 36.2 Å². The summed E-state index contributed by atoms with van der Waals surface area (Å²) in [5.74, 6) is 0.531.